The quantitative estimate of drug-likeness (QED) is 0.568. The smallest absolute Gasteiger partial charge is 0.313 e. The van der Waals surface area contributed by atoms with Crippen molar-refractivity contribution in [3.8, 4) is 0 Å². The summed E-state index contributed by atoms with van der Waals surface area (Å²) in [6, 6.07) is 0. The molecular formula is C17H23NO5. The minimum absolute atomic E-state index is 0.00180. The molecule has 4 aliphatic rings. The second-order valence-electron chi connectivity index (χ2n) is 7.24. The number of carbonyl (C=O) groups is 2. The molecule has 1 spiro atoms. The largest absolute Gasteiger partial charge is 0.463 e. The number of likely N-dealkylation sites (tertiary alicyclic amines) is 1. The van der Waals surface area contributed by atoms with Gasteiger partial charge in [0, 0.05) is 13.2 Å². The molecule has 3 fully saturated rings. The van der Waals surface area contributed by atoms with Gasteiger partial charge in [0.15, 0.2) is 0 Å². The van der Waals surface area contributed by atoms with Gasteiger partial charge in [0.2, 0.25) is 5.91 Å². The van der Waals surface area contributed by atoms with Crippen LogP contribution in [0.5, 0.6) is 0 Å². The van der Waals surface area contributed by atoms with Crippen LogP contribution in [-0.4, -0.2) is 60.4 Å². The van der Waals surface area contributed by atoms with Crippen molar-refractivity contribution in [1.82, 2.24) is 4.90 Å². The molecule has 6 heteroatoms. The Morgan fingerprint density at radius 3 is 3.04 bits per heavy atom. The van der Waals surface area contributed by atoms with Gasteiger partial charge in [-0.3, -0.25) is 9.59 Å². The van der Waals surface area contributed by atoms with E-state index in [1.807, 2.05) is 30.9 Å². The number of ether oxygens (including phenoxy) is 3. The van der Waals surface area contributed by atoms with Crippen molar-refractivity contribution < 1.29 is 23.8 Å². The molecule has 2 bridgehead atoms. The third-order valence-electron chi connectivity index (χ3n) is 5.25. The standard InChI is InChI=1S/C17H23NO5/c1-10(2)22-16(20)13-12-5-6-17(23-12)9-18(15(19)14(13)17)8-11-4-3-7-21-11/h5-6,10-14H,3-4,7-9H2,1-2H3/t11-,12+,13+,14+,17-/m0/s1. The van der Waals surface area contributed by atoms with E-state index in [0.29, 0.717) is 13.1 Å². The van der Waals surface area contributed by atoms with Crippen LogP contribution in [0.15, 0.2) is 12.2 Å². The molecule has 0 aromatic rings. The Kier molecular flexibility index (Phi) is 3.50. The summed E-state index contributed by atoms with van der Waals surface area (Å²) in [4.78, 5) is 27.2. The zero-order valence-electron chi connectivity index (χ0n) is 13.6. The Labute approximate surface area is 135 Å². The van der Waals surface area contributed by atoms with Gasteiger partial charge in [0.25, 0.3) is 0 Å². The number of fused-ring (bicyclic) bond motifs is 1. The van der Waals surface area contributed by atoms with E-state index in [-0.39, 0.29) is 30.2 Å². The van der Waals surface area contributed by atoms with Gasteiger partial charge in [-0.25, -0.2) is 0 Å². The Morgan fingerprint density at radius 1 is 1.52 bits per heavy atom. The third kappa shape index (κ3) is 2.31. The SMILES string of the molecule is CC(C)OC(=O)[C@@H]1[C@H]2C=C[C@@]3(CN(C[C@@H]4CCCO4)C(=O)[C@@H]13)O2. The van der Waals surface area contributed by atoms with E-state index in [0.717, 1.165) is 19.4 Å². The van der Waals surface area contributed by atoms with Crippen LogP contribution < -0.4 is 0 Å². The summed E-state index contributed by atoms with van der Waals surface area (Å²) < 4.78 is 17.1. The summed E-state index contributed by atoms with van der Waals surface area (Å²) in [5.41, 5.74) is -0.652. The van der Waals surface area contributed by atoms with Crippen molar-refractivity contribution in [3.63, 3.8) is 0 Å². The highest BCUT2D eigenvalue weighted by molar-refractivity contribution is 5.91. The fourth-order valence-electron chi connectivity index (χ4n) is 4.35. The Bertz CT molecular complexity index is 553. The first-order valence-electron chi connectivity index (χ1n) is 8.48. The lowest BCUT2D eigenvalue weighted by Crippen LogP contribution is -2.41. The molecule has 0 unspecified atom stereocenters. The summed E-state index contributed by atoms with van der Waals surface area (Å²) in [7, 11) is 0. The lowest BCUT2D eigenvalue weighted by Gasteiger charge is -2.24. The molecular weight excluding hydrogens is 298 g/mol. The number of esters is 1. The van der Waals surface area contributed by atoms with Crippen molar-refractivity contribution in [1.29, 1.82) is 0 Å². The molecule has 0 N–H and O–H groups in total. The summed E-state index contributed by atoms with van der Waals surface area (Å²) >= 11 is 0. The molecule has 0 aromatic heterocycles. The summed E-state index contributed by atoms with van der Waals surface area (Å²) in [6.07, 6.45) is 5.49. The maximum atomic E-state index is 12.9. The number of carbonyl (C=O) groups excluding carboxylic acids is 2. The lowest BCUT2D eigenvalue weighted by atomic mass is 9.77. The van der Waals surface area contributed by atoms with E-state index < -0.39 is 17.4 Å². The fraction of sp³-hybridized carbons (Fsp3) is 0.765. The van der Waals surface area contributed by atoms with Crippen LogP contribution >= 0.6 is 0 Å². The molecule has 0 aliphatic carbocycles. The maximum absolute atomic E-state index is 12.9. The van der Waals surface area contributed by atoms with E-state index >= 15 is 0 Å². The zero-order valence-corrected chi connectivity index (χ0v) is 13.6. The predicted octanol–water partition coefficient (Wildman–Crippen LogP) is 0.899. The average molecular weight is 321 g/mol. The van der Waals surface area contributed by atoms with Crippen molar-refractivity contribution >= 4 is 11.9 Å². The number of nitrogens with zero attached hydrogens (tertiary/aromatic N) is 1. The van der Waals surface area contributed by atoms with E-state index in [9.17, 15) is 9.59 Å². The van der Waals surface area contributed by atoms with Gasteiger partial charge in [-0.2, -0.15) is 0 Å². The van der Waals surface area contributed by atoms with Gasteiger partial charge in [0.1, 0.15) is 11.5 Å². The van der Waals surface area contributed by atoms with Crippen LogP contribution in [0.25, 0.3) is 0 Å². The fourth-order valence-corrected chi connectivity index (χ4v) is 4.35. The molecule has 0 radical (unpaired) electrons. The monoisotopic (exact) mass is 321 g/mol. The molecule has 4 heterocycles. The molecule has 4 aliphatic heterocycles. The lowest BCUT2D eigenvalue weighted by molar-refractivity contribution is -0.157. The molecule has 4 rings (SSSR count). The van der Waals surface area contributed by atoms with Crippen LogP contribution in [0.1, 0.15) is 26.7 Å². The topological polar surface area (TPSA) is 65.1 Å². The van der Waals surface area contributed by atoms with Crippen molar-refractivity contribution in [3.05, 3.63) is 12.2 Å². The van der Waals surface area contributed by atoms with Crippen LogP contribution in [0.4, 0.5) is 0 Å². The number of hydrogen-bond acceptors (Lipinski definition) is 5. The number of hydrogen-bond donors (Lipinski definition) is 0. The highest BCUT2D eigenvalue weighted by Crippen LogP contribution is 2.52. The van der Waals surface area contributed by atoms with Gasteiger partial charge in [-0.05, 0) is 26.7 Å². The molecule has 23 heavy (non-hydrogen) atoms. The van der Waals surface area contributed by atoms with Crippen LogP contribution in [0, 0.1) is 11.8 Å². The van der Waals surface area contributed by atoms with Crippen molar-refractivity contribution in [2.24, 2.45) is 11.8 Å². The average Bonchev–Trinajstić information content (AvgIpc) is 3.21. The molecule has 126 valence electrons. The molecule has 5 atom stereocenters. The third-order valence-corrected chi connectivity index (χ3v) is 5.25. The first-order chi connectivity index (χ1) is 11.0. The van der Waals surface area contributed by atoms with Crippen LogP contribution in [0.2, 0.25) is 0 Å². The Hall–Kier alpha value is -1.40. The van der Waals surface area contributed by atoms with Crippen molar-refractivity contribution in [2.75, 3.05) is 19.7 Å². The molecule has 0 saturated carbocycles. The van der Waals surface area contributed by atoms with Gasteiger partial charge >= 0.3 is 5.97 Å². The first kappa shape index (κ1) is 15.1. The van der Waals surface area contributed by atoms with E-state index in [1.54, 1.807) is 0 Å². The Balaban J connectivity index is 1.54. The predicted molar refractivity (Wildman–Crippen MR) is 80.5 cm³/mol. The summed E-state index contributed by atoms with van der Waals surface area (Å²) in [5.74, 6) is -1.30. The van der Waals surface area contributed by atoms with Gasteiger partial charge < -0.3 is 19.1 Å². The molecule has 3 saturated heterocycles. The minimum atomic E-state index is -0.652. The van der Waals surface area contributed by atoms with Crippen molar-refractivity contribution in [2.45, 2.75) is 50.6 Å². The van der Waals surface area contributed by atoms with Crippen LogP contribution in [-0.2, 0) is 23.8 Å². The van der Waals surface area contributed by atoms with Gasteiger partial charge in [0.05, 0.1) is 30.8 Å². The minimum Gasteiger partial charge on any atom is -0.463 e. The van der Waals surface area contributed by atoms with E-state index in [1.165, 1.54) is 0 Å². The molecule has 0 aromatic carbocycles. The highest BCUT2D eigenvalue weighted by Gasteiger charge is 2.67. The number of amides is 1. The first-order valence-corrected chi connectivity index (χ1v) is 8.48. The van der Waals surface area contributed by atoms with Crippen LogP contribution in [0.3, 0.4) is 0 Å². The van der Waals surface area contributed by atoms with E-state index in [4.69, 9.17) is 14.2 Å². The maximum Gasteiger partial charge on any atom is 0.313 e. The van der Waals surface area contributed by atoms with E-state index in [2.05, 4.69) is 0 Å². The second kappa shape index (κ2) is 5.31. The second-order valence-corrected chi connectivity index (χ2v) is 7.24. The Morgan fingerprint density at radius 2 is 2.35 bits per heavy atom. The zero-order chi connectivity index (χ0) is 16.2. The van der Waals surface area contributed by atoms with Gasteiger partial charge in [-0.15, -0.1) is 0 Å². The molecule has 6 nitrogen and oxygen atoms in total. The summed E-state index contributed by atoms with van der Waals surface area (Å²) in [6.45, 7) is 5.50. The highest BCUT2D eigenvalue weighted by atomic mass is 16.6. The summed E-state index contributed by atoms with van der Waals surface area (Å²) in [5, 5.41) is 0. The normalized spacial score (nSPS) is 41.2. The molecule has 1 amide bonds. The van der Waals surface area contributed by atoms with Gasteiger partial charge in [-0.1, -0.05) is 12.2 Å². The number of rotatable bonds is 4.